The van der Waals surface area contributed by atoms with Crippen molar-refractivity contribution in [2.24, 2.45) is 10.9 Å². The fourth-order valence-electron chi connectivity index (χ4n) is 4.04. The SMILES string of the molecule is CCc1cccc2c1N=CC2=Cc1sc(=S)n(CCC2CCCC2)c1O. The molecule has 0 atom stereocenters. The zero-order valence-electron chi connectivity index (χ0n) is 15.1. The summed E-state index contributed by atoms with van der Waals surface area (Å²) in [6.45, 7) is 2.97. The molecule has 0 bridgehead atoms. The standard InChI is InChI=1S/C21H24N2OS2/c1-2-15-8-5-9-17-16(13-22-19(15)17)12-18-20(24)23(21(25)26-18)11-10-14-6-3-4-7-14/h5,8-9,12-14,24H,2-4,6-7,10-11H2,1H3. The summed E-state index contributed by atoms with van der Waals surface area (Å²) < 4.78 is 2.66. The van der Waals surface area contributed by atoms with Gasteiger partial charge in [0.2, 0.25) is 5.88 Å². The lowest BCUT2D eigenvalue weighted by atomic mass is 10.0. The highest BCUT2D eigenvalue weighted by molar-refractivity contribution is 7.73. The third-order valence-electron chi connectivity index (χ3n) is 5.56. The number of hydrogen-bond donors (Lipinski definition) is 1. The van der Waals surface area contributed by atoms with E-state index in [1.54, 1.807) is 0 Å². The molecule has 3 nitrogen and oxygen atoms in total. The van der Waals surface area contributed by atoms with Crippen molar-refractivity contribution in [1.29, 1.82) is 0 Å². The van der Waals surface area contributed by atoms with Crippen LogP contribution in [-0.4, -0.2) is 15.9 Å². The van der Waals surface area contributed by atoms with E-state index in [4.69, 9.17) is 12.2 Å². The second-order valence-electron chi connectivity index (χ2n) is 7.17. The summed E-state index contributed by atoms with van der Waals surface area (Å²) in [6, 6.07) is 6.30. The second kappa shape index (κ2) is 7.49. The molecule has 5 heteroatoms. The molecule has 0 saturated heterocycles. The van der Waals surface area contributed by atoms with Gasteiger partial charge < -0.3 is 5.11 Å². The Bertz CT molecular complexity index is 930. The lowest BCUT2D eigenvalue weighted by Gasteiger charge is -2.10. The molecule has 0 radical (unpaired) electrons. The molecule has 2 heterocycles. The number of aromatic hydroxyl groups is 1. The van der Waals surface area contributed by atoms with Gasteiger partial charge in [0.1, 0.15) is 0 Å². The van der Waals surface area contributed by atoms with E-state index in [1.807, 2.05) is 16.9 Å². The van der Waals surface area contributed by atoms with Crippen molar-refractivity contribution < 1.29 is 5.11 Å². The summed E-state index contributed by atoms with van der Waals surface area (Å²) in [5.41, 5.74) is 4.50. The van der Waals surface area contributed by atoms with Gasteiger partial charge >= 0.3 is 0 Å². The quantitative estimate of drug-likeness (QED) is 0.607. The summed E-state index contributed by atoms with van der Waals surface area (Å²) >= 11 is 7.00. The molecule has 0 unspecified atom stereocenters. The molecule has 1 fully saturated rings. The number of thiazole rings is 1. The molecule has 1 aliphatic carbocycles. The molecule has 0 spiro atoms. The maximum absolute atomic E-state index is 10.7. The van der Waals surface area contributed by atoms with E-state index in [1.165, 1.54) is 42.6 Å². The summed E-state index contributed by atoms with van der Waals surface area (Å²) in [7, 11) is 0. The molecule has 1 saturated carbocycles. The molecular weight excluding hydrogens is 360 g/mol. The number of benzene rings is 1. The maximum atomic E-state index is 10.7. The van der Waals surface area contributed by atoms with E-state index in [0.717, 1.165) is 51.0 Å². The van der Waals surface area contributed by atoms with Gasteiger partial charge in [0.15, 0.2) is 3.95 Å². The Morgan fingerprint density at radius 2 is 2.15 bits per heavy atom. The Kier molecular flexibility index (Phi) is 5.09. The van der Waals surface area contributed by atoms with E-state index in [2.05, 4.69) is 30.1 Å². The van der Waals surface area contributed by atoms with Crippen LogP contribution >= 0.6 is 23.6 Å². The van der Waals surface area contributed by atoms with Crippen LogP contribution in [-0.2, 0) is 13.0 Å². The predicted octanol–water partition coefficient (Wildman–Crippen LogP) is 6.38. The second-order valence-corrected chi connectivity index (χ2v) is 8.85. The van der Waals surface area contributed by atoms with Crippen molar-refractivity contribution in [3.8, 4) is 5.88 Å². The van der Waals surface area contributed by atoms with Gasteiger partial charge in [-0.3, -0.25) is 9.56 Å². The van der Waals surface area contributed by atoms with Crippen LogP contribution in [0.5, 0.6) is 5.88 Å². The first-order valence-electron chi connectivity index (χ1n) is 9.48. The van der Waals surface area contributed by atoms with Gasteiger partial charge in [0.05, 0.1) is 10.6 Å². The number of fused-ring (bicyclic) bond motifs is 1. The number of aryl methyl sites for hydroxylation is 1. The van der Waals surface area contributed by atoms with Crippen molar-refractivity contribution in [2.45, 2.75) is 52.0 Å². The molecule has 2 aliphatic rings. The van der Waals surface area contributed by atoms with Crippen LogP contribution in [0.1, 0.15) is 55.0 Å². The molecule has 136 valence electrons. The summed E-state index contributed by atoms with van der Waals surface area (Å²) in [4.78, 5) is 5.42. The van der Waals surface area contributed by atoms with E-state index in [0.29, 0.717) is 5.88 Å². The van der Waals surface area contributed by atoms with Gasteiger partial charge in [-0.25, -0.2) is 0 Å². The van der Waals surface area contributed by atoms with Crippen molar-refractivity contribution in [3.05, 3.63) is 38.2 Å². The van der Waals surface area contributed by atoms with Crippen LogP contribution in [0.25, 0.3) is 11.6 Å². The van der Waals surface area contributed by atoms with Crippen LogP contribution in [0.3, 0.4) is 0 Å². The minimum atomic E-state index is 0.305. The van der Waals surface area contributed by atoms with E-state index >= 15 is 0 Å². The lowest BCUT2D eigenvalue weighted by molar-refractivity contribution is 0.387. The molecule has 2 aromatic rings. The fraction of sp³-hybridized carbons (Fsp3) is 0.429. The van der Waals surface area contributed by atoms with Crippen molar-refractivity contribution in [2.75, 3.05) is 0 Å². The lowest BCUT2D eigenvalue weighted by Crippen LogP contribution is -2.03. The Morgan fingerprint density at radius 1 is 1.35 bits per heavy atom. The first-order chi connectivity index (χ1) is 12.7. The topological polar surface area (TPSA) is 37.5 Å². The maximum Gasteiger partial charge on any atom is 0.210 e. The monoisotopic (exact) mass is 384 g/mol. The van der Waals surface area contributed by atoms with Gasteiger partial charge in [0.25, 0.3) is 0 Å². The van der Waals surface area contributed by atoms with Gasteiger partial charge in [-0.15, -0.1) is 11.3 Å². The third-order valence-corrected chi connectivity index (χ3v) is 6.95. The van der Waals surface area contributed by atoms with Gasteiger partial charge in [-0.1, -0.05) is 50.8 Å². The zero-order valence-corrected chi connectivity index (χ0v) is 16.7. The van der Waals surface area contributed by atoms with Crippen LogP contribution in [0, 0.1) is 9.87 Å². The average Bonchev–Trinajstić information content (AvgIpc) is 3.35. The molecule has 1 aromatic carbocycles. The highest BCUT2D eigenvalue weighted by Gasteiger charge is 2.19. The van der Waals surface area contributed by atoms with E-state index in [9.17, 15) is 5.11 Å². The van der Waals surface area contributed by atoms with Crippen molar-refractivity contribution in [3.63, 3.8) is 0 Å². The molecule has 4 rings (SSSR count). The molecule has 1 aliphatic heterocycles. The first-order valence-corrected chi connectivity index (χ1v) is 10.7. The van der Waals surface area contributed by atoms with Gasteiger partial charge in [-0.05, 0) is 42.6 Å². The Labute approximate surface area is 163 Å². The number of nitrogens with zero attached hydrogens (tertiary/aromatic N) is 2. The van der Waals surface area contributed by atoms with Crippen molar-refractivity contribution >= 4 is 47.1 Å². The predicted molar refractivity (Wildman–Crippen MR) is 113 cm³/mol. The molecule has 1 aromatic heterocycles. The number of aliphatic imine (C=N–C) groups is 1. The summed E-state index contributed by atoms with van der Waals surface area (Å²) in [5, 5.41) is 10.7. The van der Waals surface area contributed by atoms with Gasteiger partial charge in [0, 0.05) is 23.9 Å². The number of aromatic nitrogens is 1. The molecule has 26 heavy (non-hydrogen) atoms. The molecular formula is C21H24N2OS2. The number of allylic oxidation sites excluding steroid dienone is 1. The average molecular weight is 385 g/mol. The zero-order chi connectivity index (χ0) is 18.1. The summed E-state index contributed by atoms with van der Waals surface area (Å²) in [6.07, 6.45) is 11.3. The molecule has 0 amide bonds. The highest BCUT2D eigenvalue weighted by Crippen LogP contribution is 2.38. The minimum Gasteiger partial charge on any atom is -0.493 e. The third kappa shape index (κ3) is 3.30. The highest BCUT2D eigenvalue weighted by atomic mass is 32.1. The fourth-order valence-corrected chi connectivity index (χ4v) is 5.35. The number of hydrogen-bond acceptors (Lipinski definition) is 4. The Hall–Kier alpha value is -1.72. The smallest absolute Gasteiger partial charge is 0.210 e. The Morgan fingerprint density at radius 3 is 2.92 bits per heavy atom. The minimum absolute atomic E-state index is 0.305. The summed E-state index contributed by atoms with van der Waals surface area (Å²) in [5.74, 6) is 1.10. The van der Waals surface area contributed by atoms with Crippen LogP contribution in [0.4, 0.5) is 5.69 Å². The number of para-hydroxylation sites is 1. The van der Waals surface area contributed by atoms with Gasteiger partial charge in [-0.2, -0.15) is 0 Å². The first kappa shape index (κ1) is 17.7. The normalized spacial score (nSPS) is 18.1. The van der Waals surface area contributed by atoms with Crippen molar-refractivity contribution in [1.82, 2.24) is 4.57 Å². The molecule has 1 N–H and O–H groups in total. The Balaban J connectivity index is 1.60. The van der Waals surface area contributed by atoms with Crippen LogP contribution < -0.4 is 0 Å². The van der Waals surface area contributed by atoms with E-state index < -0.39 is 0 Å². The van der Waals surface area contributed by atoms with E-state index in [-0.39, 0.29) is 0 Å². The largest absolute Gasteiger partial charge is 0.493 e. The van der Waals surface area contributed by atoms with Crippen LogP contribution in [0.2, 0.25) is 0 Å². The van der Waals surface area contributed by atoms with Crippen LogP contribution in [0.15, 0.2) is 23.2 Å². The number of rotatable bonds is 5.